The number of benzene rings is 2. The first-order chi connectivity index (χ1) is 12.2. The van der Waals surface area contributed by atoms with Gasteiger partial charge >= 0.3 is 0 Å². The molecule has 0 aliphatic carbocycles. The number of aryl methyl sites for hydroxylation is 2. The fourth-order valence-electron chi connectivity index (χ4n) is 2.44. The number of anilines is 3. The number of hydrogen-bond acceptors (Lipinski definition) is 5. The monoisotopic (exact) mass is 397 g/mol. The van der Waals surface area contributed by atoms with Crippen molar-refractivity contribution in [2.75, 3.05) is 17.2 Å². The van der Waals surface area contributed by atoms with Crippen molar-refractivity contribution in [2.45, 2.75) is 19.8 Å². The van der Waals surface area contributed by atoms with Crippen LogP contribution in [0.5, 0.6) is 0 Å². The Balaban J connectivity index is 1.54. The third-order valence-corrected chi connectivity index (χ3v) is 4.37. The van der Waals surface area contributed by atoms with Crippen molar-refractivity contribution in [1.82, 2.24) is 15.2 Å². The number of rotatable bonds is 7. The summed E-state index contributed by atoms with van der Waals surface area (Å²) in [6, 6.07) is 16.6. The quantitative estimate of drug-likeness (QED) is 0.564. The van der Waals surface area contributed by atoms with Crippen LogP contribution in [0.15, 0.2) is 59.2 Å². The van der Waals surface area contributed by atoms with Crippen molar-refractivity contribution in [3.05, 3.63) is 70.3 Å². The fraction of sp³-hybridized carbons (Fsp3) is 0.211. The maximum absolute atomic E-state index is 4.46. The van der Waals surface area contributed by atoms with Crippen molar-refractivity contribution in [2.24, 2.45) is 0 Å². The first-order valence-corrected chi connectivity index (χ1v) is 9.01. The van der Waals surface area contributed by atoms with Crippen molar-refractivity contribution in [3.63, 3.8) is 0 Å². The van der Waals surface area contributed by atoms with Gasteiger partial charge in [0.2, 0.25) is 5.95 Å². The number of nitrogens with one attached hydrogen (secondary N) is 2. The van der Waals surface area contributed by atoms with Gasteiger partial charge in [0.15, 0.2) is 5.82 Å². The Hall–Kier alpha value is -2.47. The summed E-state index contributed by atoms with van der Waals surface area (Å²) >= 11 is 3.55. The molecule has 1 aromatic heterocycles. The zero-order valence-electron chi connectivity index (χ0n) is 14.0. The summed E-state index contributed by atoms with van der Waals surface area (Å²) in [6.07, 6.45) is 3.64. The van der Waals surface area contributed by atoms with Crippen LogP contribution in [0.4, 0.5) is 17.5 Å². The van der Waals surface area contributed by atoms with Gasteiger partial charge in [-0.2, -0.15) is 10.1 Å². The fourth-order valence-corrected chi connectivity index (χ4v) is 3.03. The van der Waals surface area contributed by atoms with E-state index in [0.29, 0.717) is 11.8 Å². The molecular formula is C19H20BrN5. The molecule has 0 saturated carbocycles. The lowest BCUT2D eigenvalue weighted by atomic mass is 10.1. The second kappa shape index (κ2) is 8.58. The second-order valence-corrected chi connectivity index (χ2v) is 6.64. The highest BCUT2D eigenvalue weighted by Crippen LogP contribution is 2.25. The molecule has 5 nitrogen and oxygen atoms in total. The van der Waals surface area contributed by atoms with Crippen LogP contribution in [0.25, 0.3) is 0 Å². The van der Waals surface area contributed by atoms with Crippen molar-refractivity contribution >= 4 is 33.4 Å². The van der Waals surface area contributed by atoms with Crippen LogP contribution in [-0.2, 0) is 6.42 Å². The molecule has 2 aromatic carbocycles. The highest BCUT2D eigenvalue weighted by molar-refractivity contribution is 9.10. The lowest BCUT2D eigenvalue weighted by Crippen LogP contribution is -2.08. The molecule has 0 atom stereocenters. The number of nitrogens with zero attached hydrogens (tertiary/aromatic N) is 3. The Kier molecular flexibility index (Phi) is 5.95. The Labute approximate surface area is 156 Å². The maximum Gasteiger partial charge on any atom is 0.244 e. The summed E-state index contributed by atoms with van der Waals surface area (Å²) in [5.41, 5.74) is 3.48. The average Bonchev–Trinajstić information content (AvgIpc) is 2.62. The van der Waals surface area contributed by atoms with Crippen molar-refractivity contribution in [1.29, 1.82) is 0 Å². The Morgan fingerprint density at radius 1 is 1.08 bits per heavy atom. The molecule has 0 saturated heterocycles. The molecule has 128 valence electrons. The summed E-state index contributed by atoms with van der Waals surface area (Å²) in [4.78, 5) is 4.46. The van der Waals surface area contributed by atoms with Crippen molar-refractivity contribution in [3.8, 4) is 0 Å². The van der Waals surface area contributed by atoms with E-state index >= 15 is 0 Å². The molecule has 25 heavy (non-hydrogen) atoms. The Morgan fingerprint density at radius 3 is 2.72 bits per heavy atom. The van der Waals surface area contributed by atoms with Gasteiger partial charge < -0.3 is 10.6 Å². The average molecular weight is 398 g/mol. The van der Waals surface area contributed by atoms with E-state index in [9.17, 15) is 0 Å². The molecule has 3 rings (SSSR count). The summed E-state index contributed by atoms with van der Waals surface area (Å²) in [5.74, 6) is 1.19. The molecule has 0 aliphatic rings. The number of hydrogen-bond donors (Lipinski definition) is 2. The summed E-state index contributed by atoms with van der Waals surface area (Å²) in [7, 11) is 0. The van der Waals surface area contributed by atoms with Crippen LogP contribution >= 0.6 is 15.9 Å². The Bertz CT molecular complexity index is 823. The van der Waals surface area contributed by atoms with Crippen LogP contribution in [0.1, 0.15) is 17.5 Å². The molecule has 0 radical (unpaired) electrons. The molecule has 0 fully saturated rings. The minimum atomic E-state index is 0.529. The SMILES string of the molecule is Cc1ccc(Nc2cnnc(NCCCc3ccccc3)n2)c(Br)c1. The van der Waals surface area contributed by atoms with Gasteiger partial charge in [-0.1, -0.05) is 36.4 Å². The highest BCUT2D eigenvalue weighted by atomic mass is 79.9. The largest absolute Gasteiger partial charge is 0.353 e. The molecule has 0 bridgehead atoms. The molecule has 0 aliphatic heterocycles. The lowest BCUT2D eigenvalue weighted by Gasteiger charge is -2.09. The van der Waals surface area contributed by atoms with Gasteiger partial charge in [-0.3, -0.25) is 0 Å². The van der Waals surface area contributed by atoms with Crippen LogP contribution in [-0.4, -0.2) is 21.7 Å². The molecule has 2 N–H and O–H groups in total. The molecule has 0 spiro atoms. The molecule has 6 heteroatoms. The summed E-state index contributed by atoms with van der Waals surface area (Å²) in [5, 5.41) is 14.5. The van der Waals surface area contributed by atoms with E-state index in [2.05, 4.69) is 79.0 Å². The van der Waals surface area contributed by atoms with Gasteiger partial charge in [-0.15, -0.1) is 5.10 Å². The van der Waals surface area contributed by atoms with E-state index in [1.807, 2.05) is 18.2 Å². The third-order valence-electron chi connectivity index (χ3n) is 3.71. The van der Waals surface area contributed by atoms with Gasteiger partial charge in [-0.25, -0.2) is 0 Å². The van der Waals surface area contributed by atoms with Crippen LogP contribution in [0.2, 0.25) is 0 Å². The summed E-state index contributed by atoms with van der Waals surface area (Å²) in [6.45, 7) is 2.85. The predicted octanol–water partition coefficient (Wildman–Crippen LogP) is 4.73. The lowest BCUT2D eigenvalue weighted by molar-refractivity contribution is 0.843. The first-order valence-electron chi connectivity index (χ1n) is 8.21. The van der Waals surface area contributed by atoms with Crippen LogP contribution in [0, 0.1) is 6.92 Å². The van der Waals surface area contributed by atoms with Crippen LogP contribution < -0.4 is 10.6 Å². The maximum atomic E-state index is 4.46. The van der Waals surface area contributed by atoms with Gasteiger partial charge in [0.05, 0.1) is 11.9 Å². The van der Waals surface area contributed by atoms with Crippen LogP contribution in [0.3, 0.4) is 0 Å². The number of halogens is 1. The molecule has 3 aromatic rings. The zero-order chi connectivity index (χ0) is 17.5. The zero-order valence-corrected chi connectivity index (χ0v) is 15.6. The van der Waals surface area contributed by atoms with E-state index in [1.54, 1.807) is 6.20 Å². The second-order valence-electron chi connectivity index (χ2n) is 5.79. The Morgan fingerprint density at radius 2 is 1.92 bits per heavy atom. The highest BCUT2D eigenvalue weighted by Gasteiger charge is 2.04. The summed E-state index contributed by atoms with van der Waals surface area (Å²) < 4.78 is 0.989. The van der Waals surface area contributed by atoms with Gasteiger partial charge in [0, 0.05) is 11.0 Å². The smallest absolute Gasteiger partial charge is 0.244 e. The molecular weight excluding hydrogens is 378 g/mol. The van der Waals surface area contributed by atoms with Crippen molar-refractivity contribution < 1.29 is 0 Å². The standard InChI is InChI=1S/C19H20BrN5/c1-14-9-10-17(16(20)12-14)23-18-13-22-25-19(24-18)21-11-5-8-15-6-3-2-4-7-15/h2-4,6-7,9-10,12-13H,5,8,11H2,1H3,(H2,21,23,24,25). The van der Waals surface area contributed by atoms with Gasteiger partial charge in [0.1, 0.15) is 0 Å². The topological polar surface area (TPSA) is 62.7 Å². The molecule has 0 amide bonds. The third kappa shape index (κ3) is 5.26. The number of aromatic nitrogens is 3. The van der Waals surface area contributed by atoms with E-state index in [-0.39, 0.29) is 0 Å². The molecule has 1 heterocycles. The normalized spacial score (nSPS) is 10.5. The molecule has 0 unspecified atom stereocenters. The minimum Gasteiger partial charge on any atom is -0.353 e. The van der Waals surface area contributed by atoms with E-state index < -0.39 is 0 Å². The predicted molar refractivity (Wildman–Crippen MR) is 105 cm³/mol. The van der Waals surface area contributed by atoms with E-state index in [0.717, 1.165) is 29.5 Å². The van der Waals surface area contributed by atoms with Gasteiger partial charge in [-0.05, 0) is 59.0 Å². The van der Waals surface area contributed by atoms with E-state index in [1.165, 1.54) is 11.1 Å². The van der Waals surface area contributed by atoms with E-state index in [4.69, 9.17) is 0 Å². The minimum absolute atomic E-state index is 0.529. The first kappa shape index (κ1) is 17.4. The van der Waals surface area contributed by atoms with Gasteiger partial charge in [0.25, 0.3) is 0 Å².